The van der Waals surface area contributed by atoms with Gasteiger partial charge in [-0.25, -0.2) is 9.78 Å². The van der Waals surface area contributed by atoms with Crippen molar-refractivity contribution >= 4 is 0 Å². The SMILES string of the molecule is CCCCC(CC)(COO)COO.[CH2-]C(CC)CCCC.[CH2-]C(CC)CCCC.[O]=[Ti+2]. The maximum absolute atomic E-state index is 8.42. The van der Waals surface area contributed by atoms with E-state index in [1.807, 2.05) is 6.92 Å². The van der Waals surface area contributed by atoms with Crippen molar-refractivity contribution in [2.45, 2.75) is 119 Å². The minimum absolute atomic E-state index is 0.212. The Hall–Kier alpha value is 0.354. The Morgan fingerprint density at radius 3 is 1.32 bits per heavy atom. The van der Waals surface area contributed by atoms with Crippen molar-refractivity contribution < 1.29 is 44.0 Å². The number of hydrogen-bond acceptors (Lipinski definition) is 5. The summed E-state index contributed by atoms with van der Waals surface area (Å²) in [5.74, 6) is 1.41. The molecule has 0 saturated heterocycles. The van der Waals surface area contributed by atoms with E-state index < -0.39 is 0 Å². The van der Waals surface area contributed by atoms with Gasteiger partial charge in [-0.3, -0.25) is 10.5 Å². The van der Waals surface area contributed by atoms with Crippen LogP contribution in [0.2, 0.25) is 0 Å². The van der Waals surface area contributed by atoms with Gasteiger partial charge in [0, 0.05) is 5.41 Å². The Kier molecular flexibility index (Phi) is 40.5. The molecule has 31 heavy (non-hydrogen) atoms. The standard InChI is InChI=1S/C9H20O4.2C8H17.O.Ti/c1-3-5-6-9(4-2,7-12-10)8-13-11;2*1-4-6-7-8(3)5-2;;/h10-11H,3-8H2,1-2H3;2*8H,3-7H2,1-2H3;;/q;2*-1;;+2. The van der Waals surface area contributed by atoms with Gasteiger partial charge in [0.05, 0.1) is 13.2 Å². The molecule has 0 aliphatic heterocycles. The van der Waals surface area contributed by atoms with Crippen molar-refractivity contribution in [3.05, 3.63) is 13.8 Å². The quantitative estimate of drug-likeness (QED) is 0.0998. The summed E-state index contributed by atoms with van der Waals surface area (Å²) in [5.41, 5.74) is -0.250. The van der Waals surface area contributed by atoms with Gasteiger partial charge >= 0.3 is 23.7 Å². The molecule has 0 fully saturated rings. The average molecular weight is 483 g/mol. The van der Waals surface area contributed by atoms with Crippen molar-refractivity contribution in [3.8, 4) is 0 Å². The van der Waals surface area contributed by atoms with E-state index in [-0.39, 0.29) is 18.6 Å². The van der Waals surface area contributed by atoms with Crippen LogP contribution in [0.15, 0.2) is 0 Å². The molecule has 0 aliphatic rings. The molecule has 0 amide bonds. The van der Waals surface area contributed by atoms with Crippen LogP contribution in [-0.4, -0.2) is 23.7 Å². The summed E-state index contributed by atoms with van der Waals surface area (Å²) in [6.45, 7) is 21.4. The molecule has 188 valence electrons. The van der Waals surface area contributed by atoms with Gasteiger partial charge < -0.3 is 13.8 Å². The monoisotopic (exact) mass is 482 g/mol. The Morgan fingerprint density at radius 1 is 0.742 bits per heavy atom. The summed E-state index contributed by atoms with van der Waals surface area (Å²) in [5, 5.41) is 16.8. The topological polar surface area (TPSA) is 76.0 Å². The van der Waals surface area contributed by atoms with Gasteiger partial charge in [0.15, 0.2) is 0 Å². The van der Waals surface area contributed by atoms with E-state index in [1.54, 1.807) is 0 Å². The third-order valence-electron chi connectivity index (χ3n) is 5.64. The van der Waals surface area contributed by atoms with E-state index in [0.29, 0.717) is 11.8 Å². The van der Waals surface area contributed by atoms with E-state index in [2.05, 4.69) is 58.2 Å². The second kappa shape index (κ2) is 32.5. The summed E-state index contributed by atoms with van der Waals surface area (Å²) in [6.07, 6.45) is 14.2. The fraction of sp³-hybridized carbons (Fsp3) is 0.920. The number of rotatable bonds is 16. The molecule has 5 nitrogen and oxygen atoms in total. The molecule has 0 aromatic heterocycles. The van der Waals surface area contributed by atoms with Crippen molar-refractivity contribution in [2.24, 2.45) is 17.3 Å². The van der Waals surface area contributed by atoms with Gasteiger partial charge in [-0.15, -0.1) is 0 Å². The zero-order valence-corrected chi connectivity index (χ0v) is 23.1. The van der Waals surface area contributed by atoms with Crippen LogP contribution in [-0.2, 0) is 33.5 Å². The number of unbranched alkanes of at least 4 members (excludes halogenated alkanes) is 3. The molecule has 2 N–H and O–H groups in total. The third kappa shape index (κ3) is 30.4. The molecule has 6 heteroatoms. The summed E-state index contributed by atoms with van der Waals surface area (Å²) >= 11 is 0.750. The Morgan fingerprint density at radius 2 is 1.10 bits per heavy atom. The molecular formula is C25H54O5Ti. The molecule has 0 radical (unpaired) electrons. The molecule has 0 heterocycles. The van der Waals surface area contributed by atoms with E-state index in [4.69, 9.17) is 13.8 Å². The van der Waals surface area contributed by atoms with E-state index in [0.717, 1.165) is 46.1 Å². The first-order valence-electron chi connectivity index (χ1n) is 12.3. The van der Waals surface area contributed by atoms with E-state index in [1.165, 1.54) is 51.4 Å². The molecule has 2 unspecified atom stereocenters. The third-order valence-corrected chi connectivity index (χ3v) is 5.64. The van der Waals surface area contributed by atoms with Crippen LogP contribution in [0.25, 0.3) is 0 Å². The second-order valence-corrected chi connectivity index (χ2v) is 8.34. The maximum atomic E-state index is 8.42. The molecule has 0 spiro atoms. The molecule has 0 aromatic rings. The van der Waals surface area contributed by atoms with Crippen molar-refractivity contribution in [1.82, 2.24) is 0 Å². The van der Waals surface area contributed by atoms with Crippen molar-refractivity contribution in [1.29, 1.82) is 0 Å². The van der Waals surface area contributed by atoms with Crippen LogP contribution in [0.1, 0.15) is 119 Å². The summed E-state index contributed by atoms with van der Waals surface area (Å²) in [7, 11) is 0. The van der Waals surface area contributed by atoms with Gasteiger partial charge in [-0.05, 0) is 12.8 Å². The van der Waals surface area contributed by atoms with Crippen LogP contribution >= 0.6 is 0 Å². The van der Waals surface area contributed by atoms with E-state index >= 15 is 0 Å². The summed E-state index contributed by atoms with van der Waals surface area (Å²) in [6, 6.07) is 0. The fourth-order valence-electron chi connectivity index (χ4n) is 2.79. The molecule has 2 atom stereocenters. The first-order chi connectivity index (χ1) is 14.9. The Balaban J connectivity index is -0.000000177. The molecule has 0 aliphatic carbocycles. The molecule has 0 aromatic carbocycles. The van der Waals surface area contributed by atoms with Gasteiger partial charge in [-0.2, -0.15) is 11.8 Å². The fourth-order valence-corrected chi connectivity index (χ4v) is 2.79. The molecular weight excluding hydrogens is 428 g/mol. The first-order valence-corrected chi connectivity index (χ1v) is 12.9. The van der Waals surface area contributed by atoms with Crippen LogP contribution in [0.3, 0.4) is 0 Å². The predicted molar refractivity (Wildman–Crippen MR) is 127 cm³/mol. The van der Waals surface area contributed by atoms with Gasteiger partial charge in [0.1, 0.15) is 0 Å². The Bertz CT molecular complexity index is 286. The minimum atomic E-state index is -0.250. The van der Waals surface area contributed by atoms with Gasteiger partial charge in [0.25, 0.3) is 0 Å². The number of hydrogen-bond donors (Lipinski definition) is 2. The second-order valence-electron chi connectivity index (χ2n) is 8.34. The van der Waals surface area contributed by atoms with Crippen LogP contribution in [0.4, 0.5) is 0 Å². The summed E-state index contributed by atoms with van der Waals surface area (Å²) in [4.78, 5) is 8.31. The molecule has 0 rings (SSSR count). The molecule has 0 bridgehead atoms. The van der Waals surface area contributed by atoms with Gasteiger partial charge in [-0.1, -0.05) is 106 Å². The Labute approximate surface area is 206 Å². The first kappa shape index (κ1) is 38.6. The zero-order chi connectivity index (χ0) is 25.0. The van der Waals surface area contributed by atoms with Crippen molar-refractivity contribution in [3.63, 3.8) is 0 Å². The summed E-state index contributed by atoms with van der Waals surface area (Å²) < 4.78 is 8.25. The van der Waals surface area contributed by atoms with Crippen LogP contribution in [0.5, 0.6) is 0 Å². The van der Waals surface area contributed by atoms with Crippen LogP contribution in [0, 0.1) is 31.1 Å². The normalized spacial score (nSPS) is 12.4. The van der Waals surface area contributed by atoms with Gasteiger partial charge in [0.2, 0.25) is 0 Å². The zero-order valence-electron chi connectivity index (χ0n) is 21.6. The van der Waals surface area contributed by atoms with E-state index in [9.17, 15) is 0 Å². The molecule has 0 saturated carbocycles. The predicted octanol–water partition coefficient (Wildman–Crippen LogP) is 8.50. The van der Waals surface area contributed by atoms with Crippen LogP contribution < -0.4 is 0 Å². The average Bonchev–Trinajstić information content (AvgIpc) is 2.81. The van der Waals surface area contributed by atoms with Crippen molar-refractivity contribution in [2.75, 3.05) is 13.2 Å².